The molecule has 2 heterocycles. The summed E-state index contributed by atoms with van der Waals surface area (Å²) in [6, 6.07) is 16.8. The van der Waals surface area contributed by atoms with E-state index in [1.54, 1.807) is 12.1 Å². The summed E-state index contributed by atoms with van der Waals surface area (Å²) < 4.78 is 0. The number of carbonyl (C=O) groups is 1. The molecule has 0 aromatic heterocycles. The summed E-state index contributed by atoms with van der Waals surface area (Å²) in [6.45, 7) is 6.21. The number of hydrogen-bond donors (Lipinski definition) is 0. The Morgan fingerprint density at radius 2 is 1.72 bits per heavy atom. The van der Waals surface area contributed by atoms with Crippen LogP contribution in [0, 0.1) is 10.1 Å². The zero-order valence-corrected chi connectivity index (χ0v) is 16.6. The van der Waals surface area contributed by atoms with Gasteiger partial charge in [0.2, 0.25) is 5.91 Å². The summed E-state index contributed by atoms with van der Waals surface area (Å²) in [5.74, 6) is 0.191. The van der Waals surface area contributed by atoms with Crippen molar-refractivity contribution >= 4 is 17.3 Å². The second kappa shape index (κ2) is 8.31. The van der Waals surface area contributed by atoms with Crippen LogP contribution in [-0.2, 0) is 4.79 Å². The largest absolute Gasteiger partial charge is 0.311 e. The molecule has 0 bridgehead atoms. The van der Waals surface area contributed by atoms with Crippen LogP contribution in [0.5, 0.6) is 0 Å². The number of amides is 1. The van der Waals surface area contributed by atoms with Gasteiger partial charge in [0.25, 0.3) is 5.69 Å². The number of nitro benzene ring substituents is 1. The van der Waals surface area contributed by atoms with Gasteiger partial charge in [-0.05, 0) is 31.0 Å². The molecule has 2 aromatic rings. The van der Waals surface area contributed by atoms with Gasteiger partial charge >= 0.3 is 0 Å². The van der Waals surface area contributed by atoms with Crippen LogP contribution in [0.4, 0.5) is 11.4 Å². The molecule has 2 aromatic carbocycles. The number of nitrogens with zero attached hydrogens (tertiary/aromatic N) is 4. The van der Waals surface area contributed by atoms with Gasteiger partial charge in [-0.15, -0.1) is 0 Å². The van der Waals surface area contributed by atoms with Crippen LogP contribution in [0.15, 0.2) is 54.6 Å². The first-order chi connectivity index (χ1) is 14.0. The van der Waals surface area contributed by atoms with Crippen molar-refractivity contribution in [1.82, 2.24) is 9.80 Å². The van der Waals surface area contributed by atoms with E-state index in [2.05, 4.69) is 16.7 Å². The number of hydrogen-bond acceptors (Lipinski definition) is 5. The summed E-state index contributed by atoms with van der Waals surface area (Å²) >= 11 is 0. The summed E-state index contributed by atoms with van der Waals surface area (Å²) in [5, 5.41) is 11.1. The van der Waals surface area contributed by atoms with Crippen LogP contribution in [0.1, 0.15) is 24.9 Å². The Balaban J connectivity index is 1.37. The van der Waals surface area contributed by atoms with E-state index >= 15 is 0 Å². The molecule has 0 N–H and O–H groups in total. The third-order valence-corrected chi connectivity index (χ3v) is 6.15. The maximum Gasteiger partial charge on any atom is 0.269 e. The van der Waals surface area contributed by atoms with E-state index in [0.717, 1.165) is 50.4 Å². The molecule has 7 heteroatoms. The Kier molecular flexibility index (Phi) is 5.60. The third kappa shape index (κ3) is 4.02. The molecule has 0 aliphatic carbocycles. The molecule has 2 fully saturated rings. The Morgan fingerprint density at radius 1 is 1.00 bits per heavy atom. The zero-order chi connectivity index (χ0) is 20.4. The highest BCUT2D eigenvalue weighted by molar-refractivity contribution is 5.99. The fourth-order valence-corrected chi connectivity index (χ4v) is 4.41. The summed E-state index contributed by atoms with van der Waals surface area (Å²) in [5.41, 5.74) is 2.06. The molecule has 1 amide bonds. The molecule has 152 valence electrons. The second-order valence-corrected chi connectivity index (χ2v) is 7.73. The van der Waals surface area contributed by atoms with Crippen molar-refractivity contribution in [3.63, 3.8) is 0 Å². The number of nitro groups is 1. The van der Waals surface area contributed by atoms with E-state index < -0.39 is 0 Å². The smallest absolute Gasteiger partial charge is 0.269 e. The Labute approximate surface area is 170 Å². The van der Waals surface area contributed by atoms with Gasteiger partial charge in [-0.3, -0.25) is 24.7 Å². The minimum atomic E-state index is -0.349. The molecular weight excluding hydrogens is 368 g/mol. The average molecular weight is 394 g/mol. The monoisotopic (exact) mass is 394 g/mol. The molecule has 0 radical (unpaired) electrons. The summed E-state index contributed by atoms with van der Waals surface area (Å²) in [6.07, 6.45) is 0.855. The molecule has 2 aliphatic rings. The Morgan fingerprint density at radius 3 is 2.41 bits per heavy atom. The molecule has 4 rings (SSSR count). The van der Waals surface area contributed by atoms with Crippen molar-refractivity contribution in [3.8, 4) is 0 Å². The summed E-state index contributed by atoms with van der Waals surface area (Å²) in [4.78, 5) is 30.2. The molecule has 2 atom stereocenters. The quantitative estimate of drug-likeness (QED) is 0.576. The highest BCUT2D eigenvalue weighted by atomic mass is 16.6. The number of rotatable bonds is 5. The van der Waals surface area contributed by atoms with Crippen molar-refractivity contribution in [2.75, 3.05) is 37.6 Å². The van der Waals surface area contributed by atoms with Gasteiger partial charge in [0.05, 0.1) is 11.0 Å². The van der Waals surface area contributed by atoms with Gasteiger partial charge in [-0.2, -0.15) is 0 Å². The average Bonchev–Trinajstić information content (AvgIpc) is 3.15. The number of para-hydroxylation sites is 1. The molecule has 2 aliphatic heterocycles. The normalized spacial score (nSPS) is 22.0. The van der Waals surface area contributed by atoms with E-state index in [-0.39, 0.29) is 28.6 Å². The molecular formula is C22H26N4O3. The molecule has 0 spiro atoms. The van der Waals surface area contributed by atoms with E-state index in [1.807, 2.05) is 41.3 Å². The fourth-order valence-electron chi connectivity index (χ4n) is 4.41. The van der Waals surface area contributed by atoms with Crippen LogP contribution < -0.4 is 4.90 Å². The van der Waals surface area contributed by atoms with Crippen LogP contribution in [0.25, 0.3) is 0 Å². The molecule has 0 saturated carbocycles. The summed E-state index contributed by atoms with van der Waals surface area (Å²) in [7, 11) is 0. The number of carbonyl (C=O) groups excluding carboxylic acids is 1. The molecule has 0 unspecified atom stereocenters. The van der Waals surface area contributed by atoms with Gasteiger partial charge in [0.1, 0.15) is 0 Å². The van der Waals surface area contributed by atoms with Crippen molar-refractivity contribution in [3.05, 3.63) is 70.3 Å². The van der Waals surface area contributed by atoms with E-state index in [4.69, 9.17) is 0 Å². The second-order valence-electron chi connectivity index (χ2n) is 7.73. The van der Waals surface area contributed by atoms with E-state index in [9.17, 15) is 14.9 Å². The minimum Gasteiger partial charge on any atom is -0.311 e. The van der Waals surface area contributed by atoms with Gasteiger partial charge in [-0.25, -0.2) is 0 Å². The lowest BCUT2D eigenvalue weighted by Crippen LogP contribution is -2.52. The van der Waals surface area contributed by atoms with Crippen molar-refractivity contribution in [2.24, 2.45) is 0 Å². The number of benzene rings is 2. The van der Waals surface area contributed by atoms with Crippen LogP contribution in [-0.4, -0.2) is 59.4 Å². The van der Waals surface area contributed by atoms with Crippen molar-refractivity contribution in [1.29, 1.82) is 0 Å². The lowest BCUT2D eigenvalue weighted by Gasteiger charge is -2.40. The zero-order valence-electron chi connectivity index (χ0n) is 16.6. The van der Waals surface area contributed by atoms with Gasteiger partial charge in [-0.1, -0.05) is 30.3 Å². The van der Waals surface area contributed by atoms with Crippen LogP contribution in [0.2, 0.25) is 0 Å². The standard InChI is InChI=1S/C22H26N4O3/c1-17(18-6-5-9-20(16-18)26(28)29)23-12-14-24(15-13-23)21-10-11-25(22(21)27)19-7-3-2-4-8-19/h2-9,16-17,21H,10-15H2,1H3/t17-,21+/m1/s1. The van der Waals surface area contributed by atoms with E-state index in [0.29, 0.717) is 0 Å². The molecule has 29 heavy (non-hydrogen) atoms. The lowest BCUT2D eigenvalue weighted by atomic mass is 10.0. The first kappa shape index (κ1) is 19.5. The van der Waals surface area contributed by atoms with Crippen LogP contribution >= 0.6 is 0 Å². The fraction of sp³-hybridized carbons (Fsp3) is 0.409. The van der Waals surface area contributed by atoms with Crippen molar-refractivity contribution < 1.29 is 9.72 Å². The lowest BCUT2D eigenvalue weighted by molar-refractivity contribution is -0.385. The predicted octanol–water partition coefficient (Wildman–Crippen LogP) is 3.08. The van der Waals surface area contributed by atoms with Crippen molar-refractivity contribution in [2.45, 2.75) is 25.4 Å². The molecule has 7 nitrogen and oxygen atoms in total. The molecule has 2 saturated heterocycles. The maximum atomic E-state index is 13.0. The van der Waals surface area contributed by atoms with E-state index in [1.165, 1.54) is 6.07 Å². The number of piperazine rings is 1. The van der Waals surface area contributed by atoms with Gasteiger partial charge in [0, 0.05) is 56.6 Å². The topological polar surface area (TPSA) is 69.9 Å². The highest BCUT2D eigenvalue weighted by Gasteiger charge is 2.38. The van der Waals surface area contributed by atoms with Gasteiger partial charge < -0.3 is 4.90 Å². The Hall–Kier alpha value is -2.77. The number of non-ortho nitro benzene ring substituents is 1. The van der Waals surface area contributed by atoms with Crippen LogP contribution in [0.3, 0.4) is 0 Å². The SMILES string of the molecule is C[C@H](c1cccc([N+](=O)[O-])c1)N1CCN([C@H]2CCN(c3ccccc3)C2=O)CC1. The third-order valence-electron chi connectivity index (χ3n) is 6.15. The first-order valence-corrected chi connectivity index (χ1v) is 10.1. The Bertz CT molecular complexity index is 881. The minimum absolute atomic E-state index is 0.0505. The highest BCUT2D eigenvalue weighted by Crippen LogP contribution is 2.28. The number of anilines is 1. The van der Waals surface area contributed by atoms with Gasteiger partial charge in [0.15, 0.2) is 0 Å². The first-order valence-electron chi connectivity index (χ1n) is 10.1. The predicted molar refractivity (Wildman–Crippen MR) is 112 cm³/mol. The maximum absolute atomic E-state index is 13.0.